The number of rotatable bonds is 6. The second kappa shape index (κ2) is 11.2. The molecule has 0 aliphatic carbocycles. The van der Waals surface area contributed by atoms with Gasteiger partial charge in [0.1, 0.15) is 11.5 Å². The first-order chi connectivity index (χ1) is 19.6. The van der Waals surface area contributed by atoms with Crippen LogP contribution in [0.15, 0.2) is 80.1 Å². The summed E-state index contributed by atoms with van der Waals surface area (Å²) in [6.07, 6.45) is 1.68. The molecule has 4 aromatic rings. The molecule has 5 rings (SSSR count). The van der Waals surface area contributed by atoms with E-state index in [9.17, 15) is 14.4 Å². The number of allylic oxidation sites excluding steroid dienone is 1. The highest BCUT2D eigenvalue weighted by atomic mass is 32.1. The maximum atomic E-state index is 13.8. The van der Waals surface area contributed by atoms with Gasteiger partial charge in [0.15, 0.2) is 4.80 Å². The zero-order chi connectivity index (χ0) is 29.4. The minimum Gasteiger partial charge on any atom is -0.466 e. The summed E-state index contributed by atoms with van der Waals surface area (Å²) in [7, 11) is 2.67. The summed E-state index contributed by atoms with van der Waals surface area (Å²) < 4.78 is 18.0. The highest BCUT2D eigenvalue weighted by molar-refractivity contribution is 7.07. The van der Waals surface area contributed by atoms with E-state index in [2.05, 4.69) is 18.8 Å². The Kier molecular flexibility index (Phi) is 7.64. The fourth-order valence-corrected chi connectivity index (χ4v) is 5.99. The number of benzene rings is 2. The molecular formula is C32H30N2O6S. The van der Waals surface area contributed by atoms with Gasteiger partial charge < -0.3 is 13.9 Å². The third kappa shape index (κ3) is 5.20. The Morgan fingerprint density at radius 1 is 1.00 bits per heavy atom. The fraction of sp³-hybridized carbons (Fsp3) is 0.250. The van der Waals surface area contributed by atoms with E-state index in [1.807, 2.05) is 37.3 Å². The highest BCUT2D eigenvalue weighted by Crippen LogP contribution is 2.32. The van der Waals surface area contributed by atoms with Gasteiger partial charge in [-0.25, -0.2) is 14.6 Å². The molecule has 8 nitrogen and oxygen atoms in total. The lowest BCUT2D eigenvalue weighted by molar-refractivity contribution is -0.136. The standard InChI is InChI=1S/C32H30N2O6S/c1-17(2)20-7-9-21(10-8-20)28-27(31(37)39-6)19(4)33-32-34(28)29(35)26(41-32)16-23-12-14-25(40-23)24-13-11-22(15-18(24)3)30(36)38-5/h7-17,28H,1-6H3/b26-16-/t28-/m0/s1. The molecule has 0 saturated heterocycles. The van der Waals surface area contributed by atoms with Crippen LogP contribution in [0.1, 0.15) is 65.5 Å². The minimum atomic E-state index is -0.676. The predicted molar refractivity (Wildman–Crippen MR) is 157 cm³/mol. The van der Waals surface area contributed by atoms with Crippen molar-refractivity contribution in [2.75, 3.05) is 14.2 Å². The van der Waals surface area contributed by atoms with Crippen molar-refractivity contribution in [1.29, 1.82) is 0 Å². The third-order valence-electron chi connectivity index (χ3n) is 7.16. The van der Waals surface area contributed by atoms with Gasteiger partial charge in [-0.15, -0.1) is 0 Å². The summed E-state index contributed by atoms with van der Waals surface area (Å²) in [5, 5.41) is 0. The molecule has 0 bridgehead atoms. The smallest absolute Gasteiger partial charge is 0.338 e. The largest absolute Gasteiger partial charge is 0.466 e. The first-order valence-corrected chi connectivity index (χ1v) is 13.9. The maximum Gasteiger partial charge on any atom is 0.338 e. The zero-order valence-electron chi connectivity index (χ0n) is 23.7. The molecular weight excluding hydrogens is 540 g/mol. The Bertz CT molecular complexity index is 1870. The number of methoxy groups -OCH3 is 2. The van der Waals surface area contributed by atoms with E-state index in [1.165, 1.54) is 25.6 Å². The number of carbonyl (C=O) groups is 2. The molecule has 0 radical (unpaired) electrons. The van der Waals surface area contributed by atoms with Crippen molar-refractivity contribution in [3.8, 4) is 11.3 Å². The van der Waals surface area contributed by atoms with E-state index >= 15 is 0 Å². The van der Waals surface area contributed by atoms with Crippen LogP contribution in [-0.2, 0) is 14.3 Å². The molecule has 1 aliphatic heterocycles. The summed E-state index contributed by atoms with van der Waals surface area (Å²) in [5.74, 6) is 0.502. The molecule has 9 heteroatoms. The Hall–Kier alpha value is -4.50. The van der Waals surface area contributed by atoms with Crippen molar-refractivity contribution in [3.63, 3.8) is 0 Å². The molecule has 0 N–H and O–H groups in total. The van der Waals surface area contributed by atoms with Crippen LogP contribution in [0.5, 0.6) is 0 Å². The van der Waals surface area contributed by atoms with E-state index in [-0.39, 0.29) is 5.56 Å². The van der Waals surface area contributed by atoms with Crippen LogP contribution in [-0.4, -0.2) is 30.7 Å². The van der Waals surface area contributed by atoms with Gasteiger partial charge in [0.25, 0.3) is 5.56 Å². The number of nitrogens with zero attached hydrogens (tertiary/aromatic N) is 2. The van der Waals surface area contributed by atoms with Crippen molar-refractivity contribution in [2.24, 2.45) is 4.99 Å². The van der Waals surface area contributed by atoms with Gasteiger partial charge in [-0.1, -0.05) is 55.5 Å². The van der Waals surface area contributed by atoms with Crippen molar-refractivity contribution in [2.45, 2.75) is 39.7 Å². The van der Waals surface area contributed by atoms with Gasteiger partial charge in [0.2, 0.25) is 0 Å². The number of furan rings is 1. The zero-order valence-corrected chi connectivity index (χ0v) is 24.5. The van der Waals surface area contributed by atoms with E-state index in [1.54, 1.807) is 41.8 Å². The summed E-state index contributed by atoms with van der Waals surface area (Å²) in [6, 6.07) is 16.1. The lowest BCUT2D eigenvalue weighted by Gasteiger charge is -2.24. The summed E-state index contributed by atoms with van der Waals surface area (Å²) in [4.78, 5) is 43.7. The average molecular weight is 571 g/mol. The van der Waals surface area contributed by atoms with Gasteiger partial charge in [0.05, 0.1) is 41.6 Å². The second-order valence-corrected chi connectivity index (χ2v) is 11.1. The number of ether oxygens (including phenoxy) is 2. The highest BCUT2D eigenvalue weighted by Gasteiger charge is 2.33. The first-order valence-electron chi connectivity index (χ1n) is 13.1. The first kappa shape index (κ1) is 28.0. The van der Waals surface area contributed by atoms with E-state index < -0.39 is 18.0 Å². The molecule has 0 spiro atoms. The molecule has 1 aliphatic rings. The Morgan fingerprint density at radius 2 is 1.71 bits per heavy atom. The molecule has 0 unspecified atom stereocenters. The Balaban J connectivity index is 1.58. The monoisotopic (exact) mass is 570 g/mol. The average Bonchev–Trinajstić information content (AvgIpc) is 3.55. The van der Waals surface area contributed by atoms with Gasteiger partial charge >= 0.3 is 11.9 Å². The Labute approximate surface area is 240 Å². The molecule has 1 atom stereocenters. The van der Waals surface area contributed by atoms with E-state index in [0.29, 0.717) is 43.6 Å². The predicted octanol–water partition coefficient (Wildman–Crippen LogP) is 4.89. The van der Waals surface area contributed by atoms with Gasteiger partial charge in [-0.3, -0.25) is 9.36 Å². The van der Waals surface area contributed by atoms with Gasteiger partial charge in [-0.05, 0) is 60.7 Å². The maximum absolute atomic E-state index is 13.8. The number of hydrogen-bond donors (Lipinski definition) is 0. The lowest BCUT2D eigenvalue weighted by Crippen LogP contribution is -2.39. The number of hydrogen-bond acceptors (Lipinski definition) is 8. The van der Waals surface area contributed by atoms with Crippen molar-refractivity contribution in [3.05, 3.63) is 114 Å². The number of fused-ring (bicyclic) bond motifs is 1. The topological polar surface area (TPSA) is 100 Å². The van der Waals surface area contributed by atoms with Crippen molar-refractivity contribution in [1.82, 2.24) is 4.57 Å². The molecule has 2 aromatic heterocycles. The van der Waals surface area contributed by atoms with Crippen LogP contribution in [0.2, 0.25) is 0 Å². The molecule has 210 valence electrons. The normalized spacial score (nSPS) is 15.1. The molecule has 2 aromatic carbocycles. The van der Waals surface area contributed by atoms with E-state index in [4.69, 9.17) is 13.9 Å². The third-order valence-corrected chi connectivity index (χ3v) is 8.14. The van der Waals surface area contributed by atoms with Crippen LogP contribution in [0.3, 0.4) is 0 Å². The Morgan fingerprint density at radius 3 is 2.34 bits per heavy atom. The molecule has 0 amide bonds. The molecule has 0 fully saturated rings. The van der Waals surface area contributed by atoms with Crippen LogP contribution in [0.4, 0.5) is 0 Å². The SMILES string of the molecule is COC(=O)C1=C(C)N=c2s/c(=C\c3ccc(-c4ccc(C(=O)OC)cc4C)o3)c(=O)n2[C@H]1c1ccc(C(C)C)cc1. The van der Waals surface area contributed by atoms with Crippen LogP contribution >= 0.6 is 11.3 Å². The molecule has 0 saturated carbocycles. The summed E-state index contributed by atoms with van der Waals surface area (Å²) >= 11 is 1.23. The summed E-state index contributed by atoms with van der Waals surface area (Å²) in [5.41, 5.74) is 4.63. The van der Waals surface area contributed by atoms with Gasteiger partial charge in [-0.2, -0.15) is 0 Å². The van der Waals surface area contributed by atoms with Crippen molar-refractivity contribution >= 4 is 29.4 Å². The fourth-order valence-electron chi connectivity index (χ4n) is 4.96. The van der Waals surface area contributed by atoms with Crippen LogP contribution in [0, 0.1) is 6.92 Å². The quantitative estimate of drug-likeness (QED) is 0.306. The minimum absolute atomic E-state index is 0.280. The molecule has 41 heavy (non-hydrogen) atoms. The number of thiazole rings is 1. The van der Waals surface area contributed by atoms with Crippen LogP contribution in [0.25, 0.3) is 17.4 Å². The number of aryl methyl sites for hydroxylation is 1. The second-order valence-electron chi connectivity index (χ2n) is 10.1. The number of esters is 2. The summed E-state index contributed by atoms with van der Waals surface area (Å²) in [6.45, 7) is 7.86. The van der Waals surface area contributed by atoms with Crippen molar-refractivity contribution < 1.29 is 23.5 Å². The lowest BCUT2D eigenvalue weighted by atomic mass is 9.93. The van der Waals surface area contributed by atoms with Gasteiger partial charge in [0, 0.05) is 11.6 Å². The van der Waals surface area contributed by atoms with Crippen LogP contribution < -0.4 is 14.9 Å². The number of carbonyl (C=O) groups excluding carboxylic acids is 2. The van der Waals surface area contributed by atoms with E-state index in [0.717, 1.165) is 22.3 Å². The molecule has 3 heterocycles. The number of aromatic nitrogens is 1.